The van der Waals surface area contributed by atoms with Gasteiger partial charge in [-0.15, -0.1) is 0 Å². The van der Waals surface area contributed by atoms with E-state index >= 15 is 0 Å². The van der Waals surface area contributed by atoms with Crippen LogP contribution >= 0.6 is 0 Å². The van der Waals surface area contributed by atoms with Crippen LogP contribution in [0.2, 0.25) is 0 Å². The van der Waals surface area contributed by atoms with Crippen molar-refractivity contribution in [2.75, 3.05) is 19.8 Å². The third-order valence-electron chi connectivity index (χ3n) is 3.96. The second kappa shape index (κ2) is 9.38. The van der Waals surface area contributed by atoms with E-state index in [2.05, 4.69) is 5.32 Å². The summed E-state index contributed by atoms with van der Waals surface area (Å²) in [5, 5.41) is 12.1. The van der Waals surface area contributed by atoms with E-state index in [0.29, 0.717) is 12.3 Å². The summed E-state index contributed by atoms with van der Waals surface area (Å²) < 4.78 is 5.32. The fraction of sp³-hybridized carbons (Fsp3) is 0.500. The second-order valence-electron chi connectivity index (χ2n) is 5.65. The summed E-state index contributed by atoms with van der Waals surface area (Å²) >= 11 is 0. The summed E-state index contributed by atoms with van der Waals surface area (Å²) in [6.45, 7) is 1.69. The van der Waals surface area contributed by atoms with Gasteiger partial charge in [0.2, 0.25) is 5.91 Å². The maximum absolute atomic E-state index is 12.1. The highest BCUT2D eigenvalue weighted by Crippen LogP contribution is 2.19. The largest absolute Gasteiger partial charge is 0.396 e. The zero-order valence-corrected chi connectivity index (χ0v) is 12.9. The Labute approximate surface area is 132 Å². The number of carbonyl (C=O) groups excluding carboxylic acids is 1. The maximum Gasteiger partial charge on any atom is 0.244 e. The zero-order valence-electron chi connectivity index (χ0n) is 12.9. The number of hydrogen-bond donors (Lipinski definition) is 2. The molecule has 1 amide bonds. The van der Waals surface area contributed by atoms with Gasteiger partial charge < -0.3 is 15.2 Å². The lowest BCUT2D eigenvalue weighted by molar-refractivity contribution is -0.117. The van der Waals surface area contributed by atoms with Crippen LogP contribution in [-0.2, 0) is 9.53 Å². The Morgan fingerprint density at radius 2 is 2.05 bits per heavy atom. The van der Waals surface area contributed by atoms with Crippen molar-refractivity contribution >= 4 is 5.91 Å². The van der Waals surface area contributed by atoms with Gasteiger partial charge in [-0.3, -0.25) is 4.79 Å². The van der Waals surface area contributed by atoms with E-state index in [1.54, 1.807) is 6.08 Å². The molecule has 1 aliphatic heterocycles. The van der Waals surface area contributed by atoms with E-state index < -0.39 is 0 Å². The minimum Gasteiger partial charge on any atom is -0.396 e. The molecule has 22 heavy (non-hydrogen) atoms. The van der Waals surface area contributed by atoms with E-state index in [0.717, 1.165) is 38.0 Å². The summed E-state index contributed by atoms with van der Waals surface area (Å²) in [4.78, 5) is 12.1. The molecular formula is C18H25NO3. The van der Waals surface area contributed by atoms with Gasteiger partial charge in [0.05, 0.1) is 6.04 Å². The molecule has 2 rings (SSSR count). The Morgan fingerprint density at radius 1 is 1.32 bits per heavy atom. The lowest BCUT2D eigenvalue weighted by Crippen LogP contribution is -2.27. The topological polar surface area (TPSA) is 58.6 Å². The number of nitrogens with one attached hydrogen (secondary N) is 1. The third kappa shape index (κ3) is 5.62. The minimum atomic E-state index is -0.0710. The minimum absolute atomic E-state index is 0.0554. The van der Waals surface area contributed by atoms with Gasteiger partial charge in [-0.05, 0) is 43.2 Å². The summed E-state index contributed by atoms with van der Waals surface area (Å²) in [6.07, 6.45) is 7.00. The fourth-order valence-corrected chi connectivity index (χ4v) is 2.65. The van der Waals surface area contributed by atoms with E-state index in [4.69, 9.17) is 9.84 Å². The number of carbonyl (C=O) groups is 1. The van der Waals surface area contributed by atoms with Gasteiger partial charge >= 0.3 is 0 Å². The van der Waals surface area contributed by atoms with Gasteiger partial charge in [0, 0.05) is 19.8 Å². The van der Waals surface area contributed by atoms with Crippen molar-refractivity contribution in [1.29, 1.82) is 0 Å². The third-order valence-corrected chi connectivity index (χ3v) is 3.96. The summed E-state index contributed by atoms with van der Waals surface area (Å²) in [5.74, 6) is 0.366. The predicted octanol–water partition coefficient (Wildman–Crippen LogP) is 2.60. The number of ether oxygens (including phenoxy) is 1. The first-order valence-electron chi connectivity index (χ1n) is 8.02. The number of allylic oxidation sites excluding steroid dienone is 1. The molecule has 0 spiro atoms. The van der Waals surface area contributed by atoms with Gasteiger partial charge in [-0.2, -0.15) is 0 Å². The first kappa shape index (κ1) is 16.7. The van der Waals surface area contributed by atoms with Crippen LogP contribution in [0.1, 0.15) is 37.3 Å². The van der Waals surface area contributed by atoms with Crippen molar-refractivity contribution in [3.63, 3.8) is 0 Å². The van der Waals surface area contributed by atoms with E-state index in [1.807, 2.05) is 36.4 Å². The van der Waals surface area contributed by atoms with Gasteiger partial charge in [-0.25, -0.2) is 0 Å². The smallest absolute Gasteiger partial charge is 0.244 e. The second-order valence-corrected chi connectivity index (χ2v) is 5.65. The lowest BCUT2D eigenvalue weighted by Gasteiger charge is -2.20. The van der Waals surface area contributed by atoms with Gasteiger partial charge in [0.15, 0.2) is 0 Å². The van der Waals surface area contributed by atoms with Gasteiger partial charge in [0.25, 0.3) is 0 Å². The average molecular weight is 303 g/mol. The Kier molecular flexibility index (Phi) is 7.13. The maximum atomic E-state index is 12.1. The molecule has 0 radical (unpaired) electrons. The molecule has 0 saturated carbocycles. The van der Waals surface area contributed by atoms with E-state index in [-0.39, 0.29) is 18.6 Å². The Hall–Kier alpha value is -1.65. The van der Waals surface area contributed by atoms with E-state index in [9.17, 15) is 4.79 Å². The molecule has 1 aromatic carbocycles. The molecule has 1 heterocycles. The predicted molar refractivity (Wildman–Crippen MR) is 86.3 cm³/mol. The van der Waals surface area contributed by atoms with Crippen molar-refractivity contribution in [1.82, 2.24) is 5.32 Å². The average Bonchev–Trinajstić information content (AvgIpc) is 2.58. The summed E-state index contributed by atoms with van der Waals surface area (Å²) in [5.41, 5.74) is 1.07. The molecule has 1 fully saturated rings. The molecule has 1 saturated heterocycles. The van der Waals surface area contributed by atoms with Crippen LogP contribution in [0.5, 0.6) is 0 Å². The summed E-state index contributed by atoms with van der Waals surface area (Å²) in [6, 6.07) is 9.84. The fourth-order valence-electron chi connectivity index (χ4n) is 2.65. The van der Waals surface area contributed by atoms with Gasteiger partial charge in [-0.1, -0.05) is 36.4 Å². The van der Waals surface area contributed by atoms with Gasteiger partial charge in [0.1, 0.15) is 0 Å². The molecule has 4 nitrogen and oxygen atoms in total. The number of hydrogen-bond acceptors (Lipinski definition) is 3. The molecule has 1 aliphatic rings. The van der Waals surface area contributed by atoms with Crippen molar-refractivity contribution < 1.29 is 14.6 Å². The van der Waals surface area contributed by atoms with Crippen LogP contribution in [0.3, 0.4) is 0 Å². The highest BCUT2D eigenvalue weighted by atomic mass is 16.5. The molecule has 0 aromatic heterocycles. The van der Waals surface area contributed by atoms with Crippen molar-refractivity contribution in [2.24, 2.45) is 5.92 Å². The SMILES string of the molecule is O=C(/C=C/C1CCOCC1)NC(CCCO)c1ccccc1. The number of benzene rings is 1. The van der Waals surface area contributed by atoms with Crippen molar-refractivity contribution in [2.45, 2.75) is 31.7 Å². The quantitative estimate of drug-likeness (QED) is 0.761. The first-order valence-corrected chi connectivity index (χ1v) is 8.02. The van der Waals surface area contributed by atoms with Crippen LogP contribution in [0.4, 0.5) is 0 Å². The Bertz CT molecular complexity index is 466. The molecule has 1 atom stereocenters. The highest BCUT2D eigenvalue weighted by molar-refractivity contribution is 5.87. The molecule has 2 N–H and O–H groups in total. The number of amides is 1. The first-order chi connectivity index (χ1) is 10.8. The van der Waals surface area contributed by atoms with Crippen LogP contribution in [-0.4, -0.2) is 30.8 Å². The Balaban J connectivity index is 1.91. The molecular weight excluding hydrogens is 278 g/mol. The molecule has 0 bridgehead atoms. The van der Waals surface area contributed by atoms with E-state index in [1.165, 1.54) is 0 Å². The van der Waals surface area contributed by atoms with Crippen LogP contribution in [0.15, 0.2) is 42.5 Å². The molecule has 0 aliphatic carbocycles. The molecule has 1 aromatic rings. The standard InChI is InChI=1S/C18H25NO3/c20-12-4-7-17(16-5-2-1-3-6-16)19-18(21)9-8-15-10-13-22-14-11-15/h1-3,5-6,8-9,15,17,20H,4,7,10-14H2,(H,19,21)/b9-8+. The highest BCUT2D eigenvalue weighted by Gasteiger charge is 2.14. The Morgan fingerprint density at radius 3 is 2.73 bits per heavy atom. The number of aliphatic hydroxyl groups is 1. The van der Waals surface area contributed by atoms with Crippen molar-refractivity contribution in [3.8, 4) is 0 Å². The zero-order chi connectivity index (χ0) is 15.6. The molecule has 120 valence electrons. The van der Waals surface area contributed by atoms with Crippen LogP contribution in [0.25, 0.3) is 0 Å². The summed E-state index contributed by atoms with van der Waals surface area (Å²) in [7, 11) is 0. The normalized spacial score (nSPS) is 17.5. The van der Waals surface area contributed by atoms with Crippen LogP contribution < -0.4 is 5.32 Å². The lowest BCUT2D eigenvalue weighted by atomic mass is 9.99. The number of rotatable bonds is 7. The number of aliphatic hydroxyl groups excluding tert-OH is 1. The molecule has 4 heteroatoms. The van der Waals surface area contributed by atoms with Crippen molar-refractivity contribution in [3.05, 3.63) is 48.0 Å². The van der Waals surface area contributed by atoms with Crippen LogP contribution in [0, 0.1) is 5.92 Å². The molecule has 1 unspecified atom stereocenters. The monoisotopic (exact) mass is 303 g/mol.